The quantitative estimate of drug-likeness (QED) is 0.427. The van der Waals surface area contributed by atoms with Crippen LogP contribution in [0.5, 0.6) is 0 Å². The fourth-order valence-corrected chi connectivity index (χ4v) is 4.36. The summed E-state index contributed by atoms with van der Waals surface area (Å²) in [7, 11) is 2.18. The van der Waals surface area contributed by atoms with Crippen LogP contribution in [0.25, 0.3) is 22.2 Å². The maximum absolute atomic E-state index is 3.66. The van der Waals surface area contributed by atoms with Crippen molar-refractivity contribution < 1.29 is 51.0 Å². The zero-order valence-electron chi connectivity index (χ0n) is 16.1. The minimum Gasteiger partial charge on any atom is -1.00 e. The molecule has 0 aliphatic heterocycles. The number of fused-ring (bicyclic) bond motifs is 5. The second-order valence-corrected chi connectivity index (χ2v) is 7.19. The van der Waals surface area contributed by atoms with Crippen LogP contribution in [0, 0.1) is 6.08 Å². The monoisotopic (exact) mass is 482 g/mol. The summed E-state index contributed by atoms with van der Waals surface area (Å²) in [6.45, 7) is 4.31. The molecule has 1 radical (unpaired) electrons. The van der Waals surface area contributed by atoms with Crippen LogP contribution >= 0.6 is 0 Å². The zero-order chi connectivity index (χ0) is 17.1. The molecule has 0 saturated heterocycles. The molecule has 0 spiro atoms. The van der Waals surface area contributed by atoms with Gasteiger partial charge in [0.2, 0.25) is 0 Å². The first-order valence-electron chi connectivity index (χ1n) is 8.83. The Kier molecular flexibility index (Phi) is 7.03. The summed E-state index contributed by atoms with van der Waals surface area (Å²) < 4.78 is 2.35. The topological polar surface area (TPSA) is 4.93 Å². The molecule has 5 rings (SSSR count). The molecule has 2 aliphatic carbocycles. The van der Waals surface area contributed by atoms with Gasteiger partial charge in [-0.25, -0.2) is 0 Å². The van der Waals surface area contributed by atoms with Crippen molar-refractivity contribution in [2.24, 2.45) is 7.05 Å². The first-order valence-corrected chi connectivity index (χ1v) is 8.83. The average molecular weight is 485 g/mol. The first kappa shape index (κ1) is 22.9. The van der Waals surface area contributed by atoms with Crippen molar-refractivity contribution in [1.82, 2.24) is 4.57 Å². The molecular weight excluding hydrogens is 464 g/mol. The molecule has 2 aliphatic rings. The smallest absolute Gasteiger partial charge is 1.00 e. The van der Waals surface area contributed by atoms with E-state index in [-0.39, 0.29) is 56.9 Å². The Bertz CT molecular complexity index is 1130. The minimum atomic E-state index is 0. The van der Waals surface area contributed by atoms with Crippen molar-refractivity contribution in [2.75, 3.05) is 0 Å². The van der Waals surface area contributed by atoms with Gasteiger partial charge in [-0.2, -0.15) is 17.7 Å². The second kappa shape index (κ2) is 8.58. The minimum absolute atomic E-state index is 0. The summed E-state index contributed by atoms with van der Waals surface area (Å²) in [6.07, 6.45) is 8.12. The molecule has 3 aromatic rings. The number of halogens is 2. The normalized spacial score (nSPS) is 15.9. The average Bonchev–Trinajstić information content (AvgIpc) is 3.29. The predicted octanol–water partition coefficient (Wildman–Crippen LogP) is -0.0681. The van der Waals surface area contributed by atoms with Gasteiger partial charge in [0.25, 0.3) is 0 Å². The summed E-state index contributed by atoms with van der Waals surface area (Å²) in [6, 6.07) is 17.6. The molecule has 0 N–H and O–H groups in total. The Morgan fingerprint density at radius 2 is 1.61 bits per heavy atom. The van der Waals surface area contributed by atoms with Crippen LogP contribution in [0.4, 0.5) is 0 Å². The van der Waals surface area contributed by atoms with Crippen molar-refractivity contribution in [2.45, 2.75) is 19.8 Å². The molecule has 4 heteroatoms. The molecule has 0 bridgehead atoms. The van der Waals surface area contributed by atoms with Crippen molar-refractivity contribution >= 4 is 10.9 Å². The van der Waals surface area contributed by atoms with E-state index in [1.165, 1.54) is 50.0 Å². The van der Waals surface area contributed by atoms with Crippen molar-refractivity contribution in [3.63, 3.8) is 0 Å². The van der Waals surface area contributed by atoms with Gasteiger partial charge in [0.1, 0.15) is 0 Å². The van der Waals surface area contributed by atoms with E-state index in [0.29, 0.717) is 0 Å². The largest absolute Gasteiger partial charge is 3.00 e. The van der Waals surface area contributed by atoms with Gasteiger partial charge in [0.15, 0.2) is 0 Å². The fourth-order valence-electron chi connectivity index (χ4n) is 4.36. The van der Waals surface area contributed by atoms with Gasteiger partial charge in [-0.15, -0.1) is 17.2 Å². The van der Waals surface area contributed by atoms with E-state index in [1.807, 2.05) is 0 Å². The molecule has 1 heterocycles. The number of allylic oxidation sites excluding steroid dienone is 6. The number of benzene rings is 2. The standard InChI is InChI=1S/C24H20N.2ClH.Zr/c1-15(2)16-12-13-17(14-16)22-18-8-4-5-9-19(18)24-23(22)20-10-6-7-11-21(20)25(24)3;;;/h4-13,22H,1-3H3;2*1H;/q-1;;;+3/p-2. The molecule has 139 valence electrons. The van der Waals surface area contributed by atoms with E-state index in [9.17, 15) is 0 Å². The molecular formula is C24H20Cl2NZr. The van der Waals surface area contributed by atoms with Crippen LogP contribution in [0.2, 0.25) is 0 Å². The molecule has 0 amide bonds. The van der Waals surface area contributed by atoms with E-state index in [0.717, 1.165) is 0 Å². The molecule has 1 nitrogen and oxygen atoms in total. The van der Waals surface area contributed by atoms with Crippen LogP contribution in [0.3, 0.4) is 0 Å². The third-order valence-electron chi connectivity index (χ3n) is 5.52. The van der Waals surface area contributed by atoms with E-state index in [4.69, 9.17) is 0 Å². The maximum atomic E-state index is 3.66. The number of rotatable bonds is 1. The molecule has 1 atom stereocenters. The van der Waals surface area contributed by atoms with Crippen LogP contribution in [0.15, 0.2) is 77.4 Å². The SMILES string of the molecule is CC(C)=C1[C-]=C(C2c3ccccc3-c3c2c2ccccc2n3C)C=C1.[Cl-].[Cl-].[Zr+3]. The molecule has 1 aromatic heterocycles. The summed E-state index contributed by atoms with van der Waals surface area (Å²) in [5.41, 5.74) is 10.7. The molecule has 28 heavy (non-hydrogen) atoms. The Balaban J connectivity index is 0.000000934. The van der Waals surface area contributed by atoms with Gasteiger partial charge >= 0.3 is 26.2 Å². The number of aryl methyl sites for hydroxylation is 1. The van der Waals surface area contributed by atoms with Crippen LogP contribution in [-0.2, 0) is 33.3 Å². The first-order chi connectivity index (χ1) is 12.2. The summed E-state index contributed by atoms with van der Waals surface area (Å²) >= 11 is 0. The van der Waals surface area contributed by atoms with Crippen LogP contribution < -0.4 is 24.8 Å². The van der Waals surface area contributed by atoms with Gasteiger partial charge < -0.3 is 29.4 Å². The van der Waals surface area contributed by atoms with Crippen molar-refractivity contribution in [3.05, 3.63) is 94.6 Å². The van der Waals surface area contributed by atoms with Gasteiger partial charge in [-0.1, -0.05) is 56.3 Å². The van der Waals surface area contributed by atoms with Crippen LogP contribution in [0.1, 0.15) is 30.9 Å². The van der Waals surface area contributed by atoms with Crippen molar-refractivity contribution in [3.8, 4) is 11.3 Å². The molecule has 0 saturated carbocycles. The number of hydrogen-bond acceptors (Lipinski definition) is 0. The van der Waals surface area contributed by atoms with E-state index >= 15 is 0 Å². The van der Waals surface area contributed by atoms with Gasteiger partial charge in [0.05, 0.1) is 5.69 Å². The van der Waals surface area contributed by atoms with Gasteiger partial charge in [0, 0.05) is 29.4 Å². The number of hydrogen-bond donors (Lipinski definition) is 0. The Labute approximate surface area is 198 Å². The van der Waals surface area contributed by atoms with Crippen LogP contribution in [-0.4, -0.2) is 4.57 Å². The summed E-state index contributed by atoms with van der Waals surface area (Å²) in [4.78, 5) is 0. The van der Waals surface area contributed by atoms with Gasteiger partial charge in [-0.3, -0.25) is 0 Å². The predicted molar refractivity (Wildman–Crippen MR) is 104 cm³/mol. The number of para-hydroxylation sites is 1. The third kappa shape index (κ3) is 3.20. The Morgan fingerprint density at radius 1 is 0.929 bits per heavy atom. The fraction of sp³-hybridized carbons (Fsp3) is 0.167. The van der Waals surface area contributed by atoms with E-state index in [2.05, 4.69) is 92.2 Å². The van der Waals surface area contributed by atoms with Gasteiger partial charge in [-0.05, 0) is 17.2 Å². The number of nitrogens with zero attached hydrogens (tertiary/aromatic N) is 1. The summed E-state index contributed by atoms with van der Waals surface area (Å²) in [5.74, 6) is 0.269. The number of aromatic nitrogens is 1. The van der Waals surface area contributed by atoms with E-state index in [1.54, 1.807) is 0 Å². The molecule has 1 unspecified atom stereocenters. The third-order valence-corrected chi connectivity index (χ3v) is 5.52. The van der Waals surface area contributed by atoms with E-state index < -0.39 is 0 Å². The Hall–Kier alpha value is -1.34. The molecule has 2 aromatic carbocycles. The second-order valence-electron chi connectivity index (χ2n) is 7.19. The summed E-state index contributed by atoms with van der Waals surface area (Å²) in [5, 5.41) is 1.36. The van der Waals surface area contributed by atoms with Crippen molar-refractivity contribution in [1.29, 1.82) is 0 Å². The maximum Gasteiger partial charge on any atom is 3.00 e. The zero-order valence-corrected chi connectivity index (χ0v) is 20.0. The molecule has 0 fully saturated rings. The Morgan fingerprint density at radius 3 is 2.32 bits per heavy atom.